The van der Waals surface area contributed by atoms with Crippen molar-refractivity contribution in [3.63, 3.8) is 0 Å². The topological polar surface area (TPSA) is 97.4 Å². The molecule has 114 valence electrons. The van der Waals surface area contributed by atoms with Crippen molar-refractivity contribution in [3.05, 3.63) is 0 Å². The van der Waals surface area contributed by atoms with Gasteiger partial charge in [-0.3, -0.25) is 14.4 Å². The fourth-order valence-corrected chi connectivity index (χ4v) is 1.87. The van der Waals surface area contributed by atoms with Gasteiger partial charge < -0.3 is 23.7 Å². The Kier molecular flexibility index (Phi) is 5.90. The maximum atomic E-state index is 11.1. The van der Waals surface area contributed by atoms with E-state index in [2.05, 4.69) is 0 Å². The first-order chi connectivity index (χ1) is 9.35. The van der Waals surface area contributed by atoms with Crippen LogP contribution in [-0.4, -0.2) is 56.2 Å². The van der Waals surface area contributed by atoms with Crippen molar-refractivity contribution in [2.24, 2.45) is 0 Å². The predicted octanol–water partition coefficient (Wildman–Crippen LogP) is -0.216. The van der Waals surface area contributed by atoms with E-state index in [0.717, 1.165) is 0 Å². The van der Waals surface area contributed by atoms with Crippen LogP contribution in [0.15, 0.2) is 0 Å². The second kappa shape index (κ2) is 7.20. The molecule has 0 radical (unpaired) electrons. The lowest BCUT2D eigenvalue weighted by atomic mass is 10.1. The smallest absolute Gasteiger partial charge is 0.303 e. The second-order valence-electron chi connectivity index (χ2n) is 4.23. The van der Waals surface area contributed by atoms with Gasteiger partial charge in [0.05, 0.1) is 0 Å². The number of esters is 3. The van der Waals surface area contributed by atoms with Gasteiger partial charge >= 0.3 is 17.9 Å². The monoisotopic (exact) mass is 290 g/mol. The van der Waals surface area contributed by atoms with E-state index in [1.165, 1.54) is 27.9 Å². The summed E-state index contributed by atoms with van der Waals surface area (Å²) in [5.41, 5.74) is 0. The standard InChI is InChI=1S/C12H18O8/c1-6(13)17-5-9-10(18-7(2)14)11(19-8(3)15)12(16-4)20-9/h9-12H,5H2,1-4H3/t9-,10-,11-,12-/m0/s1. The number of carbonyl (C=O) groups excluding carboxylic acids is 3. The van der Waals surface area contributed by atoms with Crippen molar-refractivity contribution in [2.75, 3.05) is 13.7 Å². The Balaban J connectivity index is 2.84. The molecule has 0 aromatic heterocycles. The van der Waals surface area contributed by atoms with E-state index in [0.29, 0.717) is 0 Å². The fourth-order valence-electron chi connectivity index (χ4n) is 1.87. The van der Waals surface area contributed by atoms with Crippen molar-refractivity contribution in [1.29, 1.82) is 0 Å². The highest BCUT2D eigenvalue weighted by atomic mass is 16.7. The highest BCUT2D eigenvalue weighted by Crippen LogP contribution is 2.27. The second-order valence-corrected chi connectivity index (χ2v) is 4.23. The van der Waals surface area contributed by atoms with Crippen LogP contribution in [0.2, 0.25) is 0 Å². The largest absolute Gasteiger partial charge is 0.463 e. The average molecular weight is 290 g/mol. The molecule has 1 rings (SSSR count). The van der Waals surface area contributed by atoms with Crippen molar-refractivity contribution >= 4 is 17.9 Å². The van der Waals surface area contributed by atoms with Crippen LogP contribution in [0.1, 0.15) is 20.8 Å². The van der Waals surface area contributed by atoms with Gasteiger partial charge in [0.2, 0.25) is 0 Å². The lowest BCUT2D eigenvalue weighted by Crippen LogP contribution is -2.41. The van der Waals surface area contributed by atoms with Crippen LogP contribution >= 0.6 is 0 Å². The molecule has 8 heteroatoms. The molecule has 0 aliphatic carbocycles. The van der Waals surface area contributed by atoms with Gasteiger partial charge in [0, 0.05) is 27.9 Å². The summed E-state index contributed by atoms with van der Waals surface area (Å²) in [6.45, 7) is 3.54. The third-order valence-corrected chi connectivity index (χ3v) is 2.55. The fraction of sp³-hybridized carbons (Fsp3) is 0.750. The summed E-state index contributed by atoms with van der Waals surface area (Å²) in [5, 5.41) is 0. The Morgan fingerprint density at radius 1 is 0.950 bits per heavy atom. The van der Waals surface area contributed by atoms with Crippen LogP contribution in [0.4, 0.5) is 0 Å². The summed E-state index contributed by atoms with van der Waals surface area (Å²) >= 11 is 0. The molecule has 0 amide bonds. The third-order valence-electron chi connectivity index (χ3n) is 2.55. The minimum absolute atomic E-state index is 0.134. The number of hydrogen-bond acceptors (Lipinski definition) is 8. The molecule has 0 N–H and O–H groups in total. The maximum Gasteiger partial charge on any atom is 0.303 e. The van der Waals surface area contributed by atoms with Crippen molar-refractivity contribution in [3.8, 4) is 0 Å². The number of carbonyl (C=O) groups is 3. The van der Waals surface area contributed by atoms with Gasteiger partial charge in [0.25, 0.3) is 0 Å². The van der Waals surface area contributed by atoms with Crippen LogP contribution in [0.3, 0.4) is 0 Å². The maximum absolute atomic E-state index is 11.1. The molecule has 0 saturated carbocycles. The van der Waals surface area contributed by atoms with Crippen LogP contribution in [-0.2, 0) is 38.1 Å². The molecule has 8 nitrogen and oxygen atoms in total. The Morgan fingerprint density at radius 3 is 1.95 bits per heavy atom. The molecule has 1 fully saturated rings. The van der Waals surface area contributed by atoms with Gasteiger partial charge in [0.15, 0.2) is 18.5 Å². The normalized spacial score (nSPS) is 28.8. The van der Waals surface area contributed by atoms with Gasteiger partial charge in [0.1, 0.15) is 12.7 Å². The van der Waals surface area contributed by atoms with Crippen molar-refractivity contribution < 1.29 is 38.1 Å². The van der Waals surface area contributed by atoms with E-state index >= 15 is 0 Å². The van der Waals surface area contributed by atoms with E-state index in [-0.39, 0.29) is 6.61 Å². The zero-order valence-corrected chi connectivity index (χ0v) is 11.8. The van der Waals surface area contributed by atoms with Gasteiger partial charge in [-0.15, -0.1) is 0 Å². The van der Waals surface area contributed by atoms with Crippen molar-refractivity contribution in [1.82, 2.24) is 0 Å². The first-order valence-electron chi connectivity index (χ1n) is 6.01. The zero-order valence-electron chi connectivity index (χ0n) is 11.8. The quantitative estimate of drug-likeness (QED) is 0.506. The van der Waals surface area contributed by atoms with E-state index in [1.807, 2.05) is 0 Å². The third kappa shape index (κ3) is 4.46. The van der Waals surface area contributed by atoms with E-state index in [4.69, 9.17) is 23.7 Å². The summed E-state index contributed by atoms with van der Waals surface area (Å²) < 4.78 is 25.5. The van der Waals surface area contributed by atoms with E-state index < -0.39 is 42.5 Å². The highest BCUT2D eigenvalue weighted by Gasteiger charge is 2.49. The molecule has 0 aromatic rings. The molecule has 1 saturated heterocycles. The number of rotatable bonds is 5. The minimum atomic E-state index is -0.915. The molecule has 0 bridgehead atoms. The van der Waals surface area contributed by atoms with Crippen LogP contribution in [0, 0.1) is 0 Å². The highest BCUT2D eigenvalue weighted by molar-refractivity contribution is 5.67. The Hall–Kier alpha value is -1.67. The minimum Gasteiger partial charge on any atom is -0.463 e. The summed E-state index contributed by atoms with van der Waals surface area (Å²) in [6, 6.07) is 0. The van der Waals surface area contributed by atoms with Crippen molar-refractivity contribution in [2.45, 2.75) is 45.4 Å². The number of ether oxygens (including phenoxy) is 5. The Morgan fingerprint density at radius 2 is 1.50 bits per heavy atom. The summed E-state index contributed by atoms with van der Waals surface area (Å²) in [6.07, 6.45) is -3.48. The summed E-state index contributed by atoms with van der Waals surface area (Å²) in [5.74, 6) is -1.63. The first kappa shape index (κ1) is 16.4. The predicted molar refractivity (Wildman–Crippen MR) is 63.4 cm³/mol. The lowest BCUT2D eigenvalue weighted by Gasteiger charge is -2.22. The number of methoxy groups -OCH3 is 1. The molecule has 1 aliphatic rings. The van der Waals surface area contributed by atoms with Crippen LogP contribution in [0.25, 0.3) is 0 Å². The molecule has 1 aliphatic heterocycles. The van der Waals surface area contributed by atoms with Gasteiger partial charge in [-0.25, -0.2) is 0 Å². The molecule has 1 heterocycles. The molecular weight excluding hydrogens is 272 g/mol. The SMILES string of the molecule is CO[C@H]1O[C@@H](COC(C)=O)[C@H](OC(C)=O)[C@@H]1OC(C)=O. The molecule has 0 spiro atoms. The van der Waals surface area contributed by atoms with E-state index in [1.54, 1.807) is 0 Å². The van der Waals surface area contributed by atoms with Crippen LogP contribution < -0.4 is 0 Å². The molecule has 4 atom stereocenters. The first-order valence-corrected chi connectivity index (χ1v) is 6.01. The molecule has 0 aromatic carbocycles. The summed E-state index contributed by atoms with van der Waals surface area (Å²) in [4.78, 5) is 33.1. The molecular formula is C12H18O8. The summed E-state index contributed by atoms with van der Waals surface area (Å²) in [7, 11) is 1.36. The van der Waals surface area contributed by atoms with Gasteiger partial charge in [-0.2, -0.15) is 0 Å². The van der Waals surface area contributed by atoms with Gasteiger partial charge in [-0.05, 0) is 0 Å². The molecule has 0 unspecified atom stereocenters. The number of hydrogen-bond donors (Lipinski definition) is 0. The molecule has 20 heavy (non-hydrogen) atoms. The average Bonchev–Trinajstić information content (AvgIpc) is 2.63. The van der Waals surface area contributed by atoms with Gasteiger partial charge in [-0.1, -0.05) is 0 Å². The zero-order chi connectivity index (χ0) is 15.3. The van der Waals surface area contributed by atoms with E-state index in [9.17, 15) is 14.4 Å². The lowest BCUT2D eigenvalue weighted by molar-refractivity contribution is -0.181. The van der Waals surface area contributed by atoms with Crippen LogP contribution in [0.5, 0.6) is 0 Å². The Labute approximate surface area is 116 Å². The Bertz CT molecular complexity index is 380.